The fourth-order valence-electron chi connectivity index (χ4n) is 4.75. The quantitative estimate of drug-likeness (QED) is 0.588. The summed E-state index contributed by atoms with van der Waals surface area (Å²) in [6.07, 6.45) is 16.8. The molecule has 4 rings (SSSR count). The minimum absolute atomic E-state index is 0. The van der Waals surface area contributed by atoms with E-state index >= 15 is 0 Å². The van der Waals surface area contributed by atoms with Crippen LogP contribution < -0.4 is 24.8 Å². The van der Waals surface area contributed by atoms with Crippen LogP contribution in [0, 0.1) is 5.92 Å². The molecule has 0 N–H and O–H groups in total. The van der Waals surface area contributed by atoms with Gasteiger partial charge in [-0.1, -0.05) is 0 Å². The Morgan fingerprint density at radius 1 is 1.04 bits per heavy atom. The van der Waals surface area contributed by atoms with Crippen molar-refractivity contribution in [2.75, 3.05) is 0 Å². The molecule has 1 aromatic rings. The smallest absolute Gasteiger partial charge is 1.00 e. The zero-order valence-corrected chi connectivity index (χ0v) is 21.1. The second kappa shape index (κ2) is 10.5. The third-order valence-electron chi connectivity index (χ3n) is 6.25. The Kier molecular flexibility index (Phi) is 8.93. The molecule has 3 heteroatoms. The normalized spacial score (nSPS) is 20.9. The Balaban J connectivity index is 0.00000140. The van der Waals surface area contributed by atoms with Crippen LogP contribution in [0.2, 0.25) is 3.63 Å². The summed E-state index contributed by atoms with van der Waals surface area (Å²) in [5.74, 6) is 0.651. The van der Waals surface area contributed by atoms with Gasteiger partial charge in [-0.15, -0.1) is 0 Å². The van der Waals surface area contributed by atoms with E-state index in [1.54, 1.807) is 14.4 Å². The van der Waals surface area contributed by atoms with E-state index in [0.717, 1.165) is 3.63 Å². The Labute approximate surface area is 190 Å². The fourth-order valence-corrected chi connectivity index (χ4v) is 13.2. The monoisotopic (exact) mass is 490 g/mol. The maximum absolute atomic E-state index is 2.60. The molecular weight excluding hydrogens is 462 g/mol. The molecule has 0 nitrogen and oxygen atoms in total. The van der Waals surface area contributed by atoms with Crippen molar-refractivity contribution < 1.29 is 46.1 Å². The summed E-state index contributed by atoms with van der Waals surface area (Å²) in [7, 11) is 0. The summed E-state index contributed by atoms with van der Waals surface area (Å²) < 4.78 is 4.30. The van der Waals surface area contributed by atoms with E-state index in [9.17, 15) is 0 Å². The van der Waals surface area contributed by atoms with Crippen molar-refractivity contribution >= 4 is 3.21 Å². The van der Waals surface area contributed by atoms with Gasteiger partial charge in [0.05, 0.1) is 0 Å². The maximum atomic E-state index is 2.60. The molecule has 0 aliphatic heterocycles. The Hall–Kier alpha value is -0.487. The number of hydrogen-bond donors (Lipinski definition) is 0. The molecule has 148 valence electrons. The van der Waals surface area contributed by atoms with E-state index in [1.807, 2.05) is 8.85 Å². The third-order valence-corrected chi connectivity index (χ3v) is 14.4. The molecular formula is C25H30Cl2Zr. The summed E-state index contributed by atoms with van der Waals surface area (Å²) in [6, 6.07) is 11.2. The van der Waals surface area contributed by atoms with E-state index in [0.29, 0.717) is 5.92 Å². The Morgan fingerprint density at radius 3 is 2.43 bits per heavy atom. The van der Waals surface area contributed by atoms with Crippen molar-refractivity contribution in [1.29, 1.82) is 0 Å². The average Bonchev–Trinajstić information content (AvgIpc) is 3.31. The number of halogens is 2. The minimum Gasteiger partial charge on any atom is -1.00 e. The first kappa shape index (κ1) is 23.8. The molecule has 0 amide bonds. The number of allylic oxidation sites excluding steroid dienone is 8. The van der Waals surface area contributed by atoms with Crippen molar-refractivity contribution in [3.05, 3.63) is 80.2 Å². The molecule has 0 bridgehead atoms. The molecule has 0 heterocycles. The van der Waals surface area contributed by atoms with Crippen molar-refractivity contribution in [2.24, 2.45) is 5.92 Å². The van der Waals surface area contributed by atoms with Crippen molar-refractivity contribution in [2.45, 2.75) is 56.5 Å². The zero-order chi connectivity index (χ0) is 18.1. The van der Waals surface area contributed by atoms with Crippen molar-refractivity contribution in [1.82, 2.24) is 0 Å². The molecule has 3 aliphatic carbocycles. The van der Waals surface area contributed by atoms with E-state index in [-0.39, 0.29) is 24.8 Å². The van der Waals surface area contributed by atoms with Gasteiger partial charge in [-0.2, -0.15) is 0 Å². The van der Waals surface area contributed by atoms with Gasteiger partial charge in [0.1, 0.15) is 0 Å². The van der Waals surface area contributed by atoms with Crippen molar-refractivity contribution in [3.63, 3.8) is 0 Å². The predicted octanol–water partition coefficient (Wildman–Crippen LogP) is 0.952. The maximum Gasteiger partial charge on any atom is -1.00 e. The van der Waals surface area contributed by atoms with Gasteiger partial charge in [0.25, 0.3) is 0 Å². The minimum atomic E-state index is -1.98. The van der Waals surface area contributed by atoms with Crippen LogP contribution in [-0.4, -0.2) is 3.21 Å². The van der Waals surface area contributed by atoms with E-state index in [2.05, 4.69) is 75.4 Å². The SMILES string of the molecule is C/[C](c1ccccc1)=[Zr+2](/[C]1=CC(C(C)C)=CC1)[CH]1C=CC2=C1CCCC2.[Cl-].[Cl-]. The van der Waals surface area contributed by atoms with Gasteiger partial charge in [-0.25, -0.2) is 0 Å². The van der Waals surface area contributed by atoms with E-state index < -0.39 is 21.3 Å². The van der Waals surface area contributed by atoms with E-state index in [4.69, 9.17) is 0 Å². The third kappa shape index (κ3) is 4.80. The first-order valence-corrected chi connectivity index (χ1v) is 14.1. The largest absolute Gasteiger partial charge is 1.00 e. The molecule has 1 unspecified atom stereocenters. The molecule has 1 aromatic carbocycles. The molecule has 0 fully saturated rings. The molecule has 0 saturated heterocycles. The number of benzene rings is 1. The van der Waals surface area contributed by atoms with Gasteiger partial charge in [0.15, 0.2) is 0 Å². The Bertz CT molecular complexity index is 854. The second-order valence-corrected chi connectivity index (χ2v) is 15.2. The van der Waals surface area contributed by atoms with Gasteiger partial charge in [-0.05, 0) is 0 Å². The first-order valence-electron chi connectivity index (χ1n) is 10.2. The summed E-state index contributed by atoms with van der Waals surface area (Å²) >= 11 is -1.98. The van der Waals surface area contributed by atoms with Crippen LogP contribution in [0.1, 0.15) is 58.4 Å². The molecule has 1 atom stereocenters. The van der Waals surface area contributed by atoms with Crippen LogP contribution in [0.5, 0.6) is 0 Å². The van der Waals surface area contributed by atoms with Crippen LogP contribution in [-0.2, 0) is 21.3 Å². The van der Waals surface area contributed by atoms with Crippen molar-refractivity contribution in [3.8, 4) is 0 Å². The summed E-state index contributed by atoms with van der Waals surface area (Å²) in [6.45, 7) is 7.12. The molecule has 3 aliphatic rings. The zero-order valence-electron chi connectivity index (χ0n) is 17.1. The topological polar surface area (TPSA) is 0 Å². The Morgan fingerprint density at radius 2 is 1.75 bits per heavy atom. The molecule has 0 radical (unpaired) electrons. The van der Waals surface area contributed by atoms with Gasteiger partial charge in [0, 0.05) is 0 Å². The number of hydrogen-bond acceptors (Lipinski definition) is 0. The van der Waals surface area contributed by atoms with Gasteiger partial charge < -0.3 is 24.8 Å². The van der Waals surface area contributed by atoms with Gasteiger partial charge >= 0.3 is 167 Å². The summed E-state index contributed by atoms with van der Waals surface area (Å²) in [5, 5.41) is 0. The summed E-state index contributed by atoms with van der Waals surface area (Å²) in [4.78, 5) is 0. The first-order chi connectivity index (χ1) is 12.6. The number of rotatable bonds is 4. The molecule has 0 aromatic heterocycles. The molecule has 0 saturated carbocycles. The molecule has 0 spiro atoms. The van der Waals surface area contributed by atoms with Crippen LogP contribution in [0.15, 0.2) is 74.6 Å². The van der Waals surface area contributed by atoms with Crippen LogP contribution in [0.3, 0.4) is 0 Å². The molecule has 28 heavy (non-hydrogen) atoms. The second-order valence-electron chi connectivity index (χ2n) is 8.23. The standard InChI is InChI=1S/C9H11.C8H11.C8H8.2ClH.Zr/c1-2-5-9-7-3-6-8(9)4-1;1-7(2)8-5-3-4-6-8;1-2-8-6-4-3-5-7-8;;;/h3,6-7H,1-2,4-5H2;5-7H,3H2,1-2H3;3-7H,1H3;2*1H;/q;;;;;+2/p-2. The predicted molar refractivity (Wildman–Crippen MR) is 110 cm³/mol. The van der Waals surface area contributed by atoms with Crippen LogP contribution in [0.25, 0.3) is 0 Å². The van der Waals surface area contributed by atoms with E-state index in [1.165, 1.54) is 37.7 Å². The van der Waals surface area contributed by atoms with Gasteiger partial charge in [0.2, 0.25) is 0 Å². The fraction of sp³-hybridized carbons (Fsp3) is 0.400. The average molecular weight is 493 g/mol. The van der Waals surface area contributed by atoms with Crippen LogP contribution in [0.4, 0.5) is 0 Å². The van der Waals surface area contributed by atoms with Crippen LogP contribution >= 0.6 is 0 Å². The van der Waals surface area contributed by atoms with Gasteiger partial charge in [-0.3, -0.25) is 0 Å². The summed E-state index contributed by atoms with van der Waals surface area (Å²) in [5.41, 5.74) is 6.56.